The highest BCUT2D eigenvalue weighted by Gasteiger charge is 2.39. The van der Waals surface area contributed by atoms with Crippen molar-refractivity contribution in [2.75, 3.05) is 13.2 Å². The highest BCUT2D eigenvalue weighted by Crippen LogP contribution is 2.41. The molecule has 0 unspecified atom stereocenters. The maximum atomic E-state index is 6.12. The minimum absolute atomic E-state index is 0.197. The Kier molecular flexibility index (Phi) is 7.96. The molecule has 0 spiro atoms. The van der Waals surface area contributed by atoms with Gasteiger partial charge in [-0.15, -0.1) is 0 Å². The molecule has 1 N–H and O–H groups in total. The fourth-order valence-corrected chi connectivity index (χ4v) is 4.44. The van der Waals surface area contributed by atoms with Gasteiger partial charge in [-0.05, 0) is 75.8 Å². The number of aryl methyl sites for hydroxylation is 1. The van der Waals surface area contributed by atoms with Gasteiger partial charge in [-0.3, -0.25) is 0 Å². The van der Waals surface area contributed by atoms with Crippen molar-refractivity contribution in [2.45, 2.75) is 78.0 Å². The molecule has 30 heavy (non-hydrogen) atoms. The van der Waals surface area contributed by atoms with Crippen LogP contribution in [0.25, 0.3) is 0 Å². The molecule has 3 rings (SSSR count). The van der Waals surface area contributed by atoms with Crippen LogP contribution < -0.4 is 10.1 Å². The Morgan fingerprint density at radius 1 is 1.03 bits per heavy atom. The molecule has 1 aliphatic heterocycles. The molecule has 2 aromatic rings. The topological polar surface area (TPSA) is 30.5 Å². The summed E-state index contributed by atoms with van der Waals surface area (Å²) in [6.45, 7) is 13.6. The molecule has 2 aromatic carbocycles. The number of ether oxygens (including phenoxy) is 2. The van der Waals surface area contributed by atoms with Gasteiger partial charge in [0.15, 0.2) is 0 Å². The van der Waals surface area contributed by atoms with Crippen molar-refractivity contribution in [1.82, 2.24) is 5.32 Å². The van der Waals surface area contributed by atoms with Gasteiger partial charge in [-0.25, -0.2) is 0 Å². The van der Waals surface area contributed by atoms with E-state index in [1.54, 1.807) is 0 Å². The molecule has 0 amide bonds. The lowest BCUT2D eigenvalue weighted by Crippen LogP contribution is -2.42. The fraction of sp³-hybridized carbons (Fsp3) is 0.556. The van der Waals surface area contributed by atoms with E-state index in [0.717, 1.165) is 44.7 Å². The standard InChI is InChI=1S/C27H39NO2/c1-20(2)26-18-27(15-17-29-26,24-10-6-22(5)7-11-24)14-16-28-19-23-8-12-25(13-9-23)30-21(3)4/h6-13,20-21,26,28H,14-19H2,1-5H3/t26-,27-/m1/s1. The van der Waals surface area contributed by atoms with Crippen LogP contribution in [-0.2, 0) is 16.7 Å². The maximum absolute atomic E-state index is 6.12. The quantitative estimate of drug-likeness (QED) is 0.513. The van der Waals surface area contributed by atoms with E-state index in [4.69, 9.17) is 9.47 Å². The SMILES string of the molecule is Cc1ccc([C@]2(CCNCc3ccc(OC(C)C)cc3)CCO[C@@H](C(C)C)C2)cc1. The fourth-order valence-electron chi connectivity index (χ4n) is 4.44. The second-order valence-corrected chi connectivity index (χ2v) is 9.49. The van der Waals surface area contributed by atoms with Crippen molar-refractivity contribution in [1.29, 1.82) is 0 Å². The van der Waals surface area contributed by atoms with Crippen LogP contribution in [0.1, 0.15) is 63.6 Å². The van der Waals surface area contributed by atoms with Crippen LogP contribution in [0.4, 0.5) is 0 Å². The second-order valence-electron chi connectivity index (χ2n) is 9.49. The van der Waals surface area contributed by atoms with Gasteiger partial charge in [0.1, 0.15) is 5.75 Å². The first kappa shape index (κ1) is 22.8. The summed E-state index contributed by atoms with van der Waals surface area (Å²) in [5.41, 5.74) is 4.29. The third kappa shape index (κ3) is 6.09. The number of hydrogen-bond acceptors (Lipinski definition) is 3. The lowest BCUT2D eigenvalue weighted by atomic mass is 9.68. The first-order valence-corrected chi connectivity index (χ1v) is 11.5. The number of hydrogen-bond donors (Lipinski definition) is 1. The van der Waals surface area contributed by atoms with E-state index in [9.17, 15) is 0 Å². The van der Waals surface area contributed by atoms with Gasteiger partial charge < -0.3 is 14.8 Å². The Morgan fingerprint density at radius 3 is 2.37 bits per heavy atom. The molecule has 2 atom stereocenters. The van der Waals surface area contributed by atoms with Crippen LogP contribution in [0.3, 0.4) is 0 Å². The number of rotatable bonds is 9. The Morgan fingerprint density at radius 2 is 1.73 bits per heavy atom. The van der Waals surface area contributed by atoms with E-state index in [0.29, 0.717) is 12.0 Å². The molecule has 0 bridgehead atoms. The monoisotopic (exact) mass is 409 g/mol. The second kappa shape index (κ2) is 10.5. The minimum atomic E-state index is 0.197. The lowest BCUT2D eigenvalue weighted by molar-refractivity contribution is -0.0469. The van der Waals surface area contributed by atoms with E-state index in [1.165, 1.54) is 16.7 Å². The summed E-state index contributed by atoms with van der Waals surface area (Å²) in [5.74, 6) is 1.49. The molecule has 0 aliphatic carbocycles. The normalized spacial score (nSPS) is 21.9. The smallest absolute Gasteiger partial charge is 0.119 e. The molecule has 1 heterocycles. The first-order valence-electron chi connectivity index (χ1n) is 11.5. The van der Waals surface area contributed by atoms with Gasteiger partial charge in [-0.1, -0.05) is 55.8 Å². The van der Waals surface area contributed by atoms with Crippen LogP contribution in [-0.4, -0.2) is 25.4 Å². The van der Waals surface area contributed by atoms with Crippen molar-refractivity contribution in [3.63, 3.8) is 0 Å². The average Bonchev–Trinajstić information content (AvgIpc) is 2.72. The summed E-state index contributed by atoms with van der Waals surface area (Å²) in [5, 5.41) is 3.68. The van der Waals surface area contributed by atoms with Gasteiger partial charge in [0.05, 0.1) is 12.2 Å². The highest BCUT2D eigenvalue weighted by atomic mass is 16.5. The third-order valence-electron chi connectivity index (χ3n) is 6.32. The molecule has 1 saturated heterocycles. The molecule has 164 valence electrons. The summed E-state index contributed by atoms with van der Waals surface area (Å²) in [7, 11) is 0. The van der Waals surface area contributed by atoms with Crippen LogP contribution in [0, 0.1) is 12.8 Å². The van der Waals surface area contributed by atoms with Crippen LogP contribution in [0.15, 0.2) is 48.5 Å². The Bertz CT molecular complexity index is 766. The number of nitrogens with one attached hydrogen (secondary N) is 1. The summed E-state index contributed by atoms with van der Waals surface area (Å²) in [6.07, 6.45) is 3.89. The van der Waals surface area contributed by atoms with Gasteiger partial charge in [0.25, 0.3) is 0 Å². The van der Waals surface area contributed by atoms with Crippen LogP contribution >= 0.6 is 0 Å². The lowest BCUT2D eigenvalue weighted by Gasteiger charge is -2.43. The molecule has 0 radical (unpaired) electrons. The van der Waals surface area contributed by atoms with Crippen molar-refractivity contribution >= 4 is 0 Å². The largest absolute Gasteiger partial charge is 0.491 e. The van der Waals surface area contributed by atoms with Crippen LogP contribution in [0.5, 0.6) is 5.75 Å². The summed E-state index contributed by atoms with van der Waals surface area (Å²) >= 11 is 0. The molecule has 1 fully saturated rings. The molecule has 3 nitrogen and oxygen atoms in total. The van der Waals surface area contributed by atoms with E-state index in [2.05, 4.69) is 88.5 Å². The molecule has 1 aliphatic rings. The first-order chi connectivity index (χ1) is 14.4. The average molecular weight is 410 g/mol. The predicted molar refractivity (Wildman–Crippen MR) is 125 cm³/mol. The maximum Gasteiger partial charge on any atom is 0.119 e. The van der Waals surface area contributed by atoms with E-state index < -0.39 is 0 Å². The Balaban J connectivity index is 1.62. The molecule has 0 aromatic heterocycles. The van der Waals surface area contributed by atoms with E-state index in [-0.39, 0.29) is 11.5 Å². The van der Waals surface area contributed by atoms with Crippen LogP contribution in [0.2, 0.25) is 0 Å². The van der Waals surface area contributed by atoms with Crippen molar-refractivity contribution in [3.8, 4) is 5.75 Å². The summed E-state index contributed by atoms with van der Waals surface area (Å²) in [6, 6.07) is 17.6. The molecular formula is C27H39NO2. The van der Waals surface area contributed by atoms with Gasteiger partial charge in [0.2, 0.25) is 0 Å². The molecule has 3 heteroatoms. The van der Waals surface area contributed by atoms with Crippen molar-refractivity contribution in [3.05, 3.63) is 65.2 Å². The van der Waals surface area contributed by atoms with Gasteiger partial charge >= 0.3 is 0 Å². The zero-order valence-electron chi connectivity index (χ0n) is 19.4. The van der Waals surface area contributed by atoms with E-state index in [1.807, 2.05) is 0 Å². The van der Waals surface area contributed by atoms with Gasteiger partial charge in [0, 0.05) is 18.6 Å². The Hall–Kier alpha value is -1.84. The van der Waals surface area contributed by atoms with Crippen molar-refractivity contribution in [2.24, 2.45) is 5.92 Å². The Labute approximate surface area is 183 Å². The molecule has 0 saturated carbocycles. The highest BCUT2D eigenvalue weighted by molar-refractivity contribution is 5.30. The molecular weight excluding hydrogens is 370 g/mol. The zero-order chi connectivity index (χ0) is 21.6. The number of benzene rings is 2. The van der Waals surface area contributed by atoms with Gasteiger partial charge in [-0.2, -0.15) is 0 Å². The third-order valence-corrected chi connectivity index (χ3v) is 6.32. The summed E-state index contributed by atoms with van der Waals surface area (Å²) in [4.78, 5) is 0. The predicted octanol–water partition coefficient (Wildman–Crippen LogP) is 6.03. The van der Waals surface area contributed by atoms with Crippen molar-refractivity contribution < 1.29 is 9.47 Å². The van der Waals surface area contributed by atoms with E-state index >= 15 is 0 Å². The zero-order valence-corrected chi connectivity index (χ0v) is 19.4. The minimum Gasteiger partial charge on any atom is -0.491 e. The summed E-state index contributed by atoms with van der Waals surface area (Å²) < 4.78 is 11.9.